The lowest BCUT2D eigenvalue weighted by Crippen LogP contribution is -2.24. The van der Waals surface area contributed by atoms with Gasteiger partial charge >= 0.3 is 5.97 Å². The van der Waals surface area contributed by atoms with Crippen LogP contribution in [-0.4, -0.2) is 25.5 Å². The first-order valence-corrected chi connectivity index (χ1v) is 7.34. The van der Waals surface area contributed by atoms with Gasteiger partial charge in [0.25, 0.3) is 0 Å². The predicted octanol–water partition coefficient (Wildman–Crippen LogP) is 2.94. The maximum atomic E-state index is 12.3. The molecular weight excluding hydrogens is 268 g/mol. The molecule has 1 aliphatic carbocycles. The van der Waals surface area contributed by atoms with E-state index in [4.69, 9.17) is 9.47 Å². The number of esters is 1. The zero-order valence-corrected chi connectivity index (χ0v) is 13.1. The molecule has 1 aromatic carbocycles. The Morgan fingerprint density at radius 1 is 1.33 bits per heavy atom. The van der Waals surface area contributed by atoms with Gasteiger partial charge in [-0.15, -0.1) is 0 Å². The van der Waals surface area contributed by atoms with Gasteiger partial charge in [0.15, 0.2) is 0 Å². The van der Waals surface area contributed by atoms with E-state index >= 15 is 0 Å². The Morgan fingerprint density at radius 3 is 2.67 bits per heavy atom. The molecule has 0 N–H and O–H groups in total. The molecule has 0 aliphatic heterocycles. The topological polar surface area (TPSA) is 52.6 Å². The summed E-state index contributed by atoms with van der Waals surface area (Å²) >= 11 is 0. The van der Waals surface area contributed by atoms with Crippen LogP contribution in [0.3, 0.4) is 0 Å². The molecule has 1 fully saturated rings. The maximum absolute atomic E-state index is 12.3. The summed E-state index contributed by atoms with van der Waals surface area (Å²) in [6.07, 6.45) is 1.00. The number of Topliss-reactive ketones (excluding diaryl/α,β-unsaturated/α-hetero) is 1. The normalized spacial score (nSPS) is 21.4. The van der Waals surface area contributed by atoms with Crippen molar-refractivity contribution in [2.75, 3.05) is 13.7 Å². The SMILES string of the molecule is CCOC(=O)C1CCC(=O)C1c1cc(C)cc(OC)c1C. The van der Waals surface area contributed by atoms with Crippen molar-refractivity contribution < 1.29 is 19.1 Å². The molecule has 0 bridgehead atoms. The van der Waals surface area contributed by atoms with Crippen LogP contribution in [-0.2, 0) is 14.3 Å². The number of ketones is 1. The number of rotatable bonds is 4. The lowest BCUT2D eigenvalue weighted by molar-refractivity contribution is -0.149. The van der Waals surface area contributed by atoms with Crippen molar-refractivity contribution in [2.45, 2.75) is 39.5 Å². The first kappa shape index (κ1) is 15.5. The van der Waals surface area contributed by atoms with Crippen molar-refractivity contribution in [3.63, 3.8) is 0 Å². The van der Waals surface area contributed by atoms with Crippen molar-refractivity contribution in [2.24, 2.45) is 5.92 Å². The zero-order valence-electron chi connectivity index (χ0n) is 13.1. The minimum atomic E-state index is -0.405. The summed E-state index contributed by atoms with van der Waals surface area (Å²) in [6.45, 7) is 6.02. The van der Waals surface area contributed by atoms with Crippen LogP contribution in [0.1, 0.15) is 42.4 Å². The summed E-state index contributed by atoms with van der Waals surface area (Å²) in [5.41, 5.74) is 2.85. The second kappa shape index (κ2) is 6.29. The quantitative estimate of drug-likeness (QED) is 0.800. The van der Waals surface area contributed by atoms with Gasteiger partial charge in [0.2, 0.25) is 0 Å². The van der Waals surface area contributed by atoms with Gasteiger partial charge in [-0.1, -0.05) is 6.07 Å². The molecule has 114 valence electrons. The molecule has 2 rings (SSSR count). The first-order chi connectivity index (χ1) is 9.99. The van der Waals surface area contributed by atoms with Crippen LogP contribution in [0.4, 0.5) is 0 Å². The standard InChI is InChI=1S/C17H22O4/c1-5-21-17(19)12-6-7-14(18)16(12)13-8-10(2)9-15(20-4)11(13)3/h8-9,12,16H,5-7H2,1-4H3. The average Bonchev–Trinajstić information content (AvgIpc) is 2.83. The summed E-state index contributed by atoms with van der Waals surface area (Å²) < 4.78 is 10.5. The van der Waals surface area contributed by atoms with Crippen LogP contribution in [0.5, 0.6) is 5.75 Å². The largest absolute Gasteiger partial charge is 0.496 e. The lowest BCUT2D eigenvalue weighted by atomic mass is 9.84. The summed E-state index contributed by atoms with van der Waals surface area (Å²) in [6, 6.07) is 3.93. The van der Waals surface area contributed by atoms with E-state index in [0.29, 0.717) is 19.4 Å². The van der Waals surface area contributed by atoms with Crippen molar-refractivity contribution in [1.29, 1.82) is 0 Å². The van der Waals surface area contributed by atoms with Crippen LogP contribution >= 0.6 is 0 Å². The number of methoxy groups -OCH3 is 1. The molecule has 1 aliphatic rings. The minimum Gasteiger partial charge on any atom is -0.496 e. The maximum Gasteiger partial charge on any atom is 0.310 e. The van der Waals surface area contributed by atoms with Crippen LogP contribution in [0.2, 0.25) is 0 Å². The van der Waals surface area contributed by atoms with E-state index in [9.17, 15) is 9.59 Å². The second-order valence-corrected chi connectivity index (χ2v) is 5.52. The summed E-state index contributed by atoms with van der Waals surface area (Å²) in [7, 11) is 1.62. The van der Waals surface area contributed by atoms with E-state index < -0.39 is 5.92 Å². The van der Waals surface area contributed by atoms with Crippen LogP contribution in [0.15, 0.2) is 12.1 Å². The molecule has 4 nitrogen and oxygen atoms in total. The Kier molecular flexibility index (Phi) is 4.66. The summed E-state index contributed by atoms with van der Waals surface area (Å²) in [5, 5.41) is 0. The smallest absolute Gasteiger partial charge is 0.310 e. The molecule has 21 heavy (non-hydrogen) atoms. The molecule has 1 saturated carbocycles. The van der Waals surface area contributed by atoms with E-state index in [0.717, 1.165) is 22.4 Å². The van der Waals surface area contributed by atoms with Gasteiger partial charge in [-0.3, -0.25) is 9.59 Å². The van der Waals surface area contributed by atoms with Crippen molar-refractivity contribution in [3.8, 4) is 5.75 Å². The van der Waals surface area contributed by atoms with Crippen LogP contribution in [0, 0.1) is 19.8 Å². The first-order valence-electron chi connectivity index (χ1n) is 7.34. The number of ether oxygens (including phenoxy) is 2. The van der Waals surface area contributed by atoms with Gasteiger partial charge in [0.1, 0.15) is 11.5 Å². The van der Waals surface area contributed by atoms with Gasteiger partial charge in [-0.05, 0) is 49.9 Å². The number of hydrogen-bond donors (Lipinski definition) is 0. The fourth-order valence-electron chi connectivity index (χ4n) is 3.13. The minimum absolute atomic E-state index is 0.115. The van der Waals surface area contributed by atoms with Crippen molar-refractivity contribution in [3.05, 3.63) is 28.8 Å². The van der Waals surface area contributed by atoms with Gasteiger partial charge in [0.05, 0.1) is 25.6 Å². The summed E-state index contributed by atoms with van der Waals surface area (Å²) in [5.74, 6) is -0.176. The van der Waals surface area contributed by atoms with E-state index in [1.165, 1.54) is 0 Å². The molecule has 0 aromatic heterocycles. The summed E-state index contributed by atoms with van der Waals surface area (Å²) in [4.78, 5) is 24.4. The molecule has 0 spiro atoms. The fraction of sp³-hybridized carbons (Fsp3) is 0.529. The Morgan fingerprint density at radius 2 is 2.05 bits per heavy atom. The number of carbonyl (C=O) groups is 2. The van der Waals surface area contributed by atoms with Gasteiger partial charge in [0, 0.05) is 6.42 Å². The molecule has 0 saturated heterocycles. The highest BCUT2D eigenvalue weighted by Crippen LogP contribution is 2.41. The number of hydrogen-bond acceptors (Lipinski definition) is 4. The molecular formula is C17H22O4. The van der Waals surface area contributed by atoms with Crippen molar-refractivity contribution >= 4 is 11.8 Å². The lowest BCUT2D eigenvalue weighted by Gasteiger charge is -2.21. The van der Waals surface area contributed by atoms with Crippen LogP contribution < -0.4 is 4.74 Å². The molecule has 0 heterocycles. The van der Waals surface area contributed by atoms with E-state index in [1.807, 2.05) is 26.0 Å². The highest BCUT2D eigenvalue weighted by atomic mass is 16.5. The highest BCUT2D eigenvalue weighted by Gasteiger charge is 2.42. The number of carbonyl (C=O) groups excluding carboxylic acids is 2. The Labute approximate surface area is 125 Å². The molecule has 2 atom stereocenters. The third-order valence-corrected chi connectivity index (χ3v) is 4.14. The second-order valence-electron chi connectivity index (χ2n) is 5.52. The molecule has 0 amide bonds. The highest BCUT2D eigenvalue weighted by molar-refractivity contribution is 5.94. The van der Waals surface area contributed by atoms with Gasteiger partial charge in [-0.25, -0.2) is 0 Å². The third kappa shape index (κ3) is 2.94. The zero-order chi connectivity index (χ0) is 15.6. The van der Waals surface area contributed by atoms with E-state index in [1.54, 1.807) is 14.0 Å². The predicted molar refractivity (Wildman–Crippen MR) is 79.6 cm³/mol. The monoisotopic (exact) mass is 290 g/mol. The molecule has 4 heteroatoms. The van der Waals surface area contributed by atoms with Gasteiger partial charge in [-0.2, -0.15) is 0 Å². The Hall–Kier alpha value is -1.84. The van der Waals surface area contributed by atoms with E-state index in [-0.39, 0.29) is 17.7 Å². The average molecular weight is 290 g/mol. The Balaban J connectivity index is 2.45. The van der Waals surface area contributed by atoms with E-state index in [2.05, 4.69) is 0 Å². The third-order valence-electron chi connectivity index (χ3n) is 4.14. The van der Waals surface area contributed by atoms with Gasteiger partial charge < -0.3 is 9.47 Å². The molecule has 1 aromatic rings. The van der Waals surface area contributed by atoms with Crippen molar-refractivity contribution in [1.82, 2.24) is 0 Å². The van der Waals surface area contributed by atoms with Crippen LogP contribution in [0.25, 0.3) is 0 Å². The Bertz CT molecular complexity index is 562. The number of aryl methyl sites for hydroxylation is 1. The number of benzene rings is 1. The molecule has 2 unspecified atom stereocenters. The molecule has 0 radical (unpaired) electrons. The fourth-order valence-corrected chi connectivity index (χ4v) is 3.13.